The number of nitrogens with zero attached hydrogens (tertiary/aromatic N) is 1. The topological polar surface area (TPSA) is 144 Å². The van der Waals surface area contributed by atoms with E-state index in [1.165, 1.54) is 24.3 Å². The predicted octanol–water partition coefficient (Wildman–Crippen LogP) is 1.88. The summed E-state index contributed by atoms with van der Waals surface area (Å²) in [6.45, 7) is 2.18. The lowest BCUT2D eigenvalue weighted by molar-refractivity contribution is -0.145. The molecule has 35 heavy (non-hydrogen) atoms. The number of phenols is 1. The number of alkyl carbamates (subject to hydrolysis) is 1. The summed E-state index contributed by atoms with van der Waals surface area (Å²) in [4.78, 5) is 18.3. The van der Waals surface area contributed by atoms with Crippen molar-refractivity contribution in [3.8, 4) is 5.75 Å². The monoisotopic (exact) mass is 514 g/mol. The molecule has 2 aliphatic heterocycles. The highest BCUT2D eigenvalue weighted by atomic mass is 32.2. The quantitative estimate of drug-likeness (QED) is 0.399. The number of hydroxylamine groups is 1. The van der Waals surface area contributed by atoms with Crippen molar-refractivity contribution in [2.75, 3.05) is 19.8 Å². The van der Waals surface area contributed by atoms with Crippen LogP contribution in [-0.4, -0.2) is 79.6 Å². The molecule has 11 nitrogen and oxygen atoms in total. The molecular formula is C23H34N2O9S. The average Bonchev–Trinajstić information content (AvgIpc) is 3.58. The lowest BCUT2D eigenvalue weighted by atomic mass is 10.0. The Hall–Kier alpha value is -1.96. The molecule has 3 N–H and O–H groups in total. The number of hydrogen-bond acceptors (Lipinski definition) is 9. The number of carbonyl (C=O) groups excluding carboxylic acids is 1. The minimum absolute atomic E-state index is 0.0171. The number of carbonyl (C=O) groups is 1. The van der Waals surface area contributed by atoms with Crippen LogP contribution < -0.4 is 5.32 Å². The van der Waals surface area contributed by atoms with Gasteiger partial charge in [0.25, 0.3) is 10.0 Å². The maximum Gasteiger partial charge on any atom is 0.407 e. The number of benzene rings is 1. The summed E-state index contributed by atoms with van der Waals surface area (Å²) < 4.78 is 43.9. The molecular weight excluding hydrogens is 480 g/mol. The van der Waals surface area contributed by atoms with Crippen molar-refractivity contribution in [3.63, 3.8) is 0 Å². The molecule has 2 heterocycles. The molecule has 1 aromatic carbocycles. The highest BCUT2D eigenvalue weighted by Crippen LogP contribution is 2.33. The van der Waals surface area contributed by atoms with Crippen LogP contribution in [0.3, 0.4) is 0 Å². The van der Waals surface area contributed by atoms with E-state index in [9.17, 15) is 23.4 Å². The first-order chi connectivity index (χ1) is 16.8. The number of fused-ring (bicyclic) bond motifs is 1. The number of aliphatic hydroxyl groups excluding tert-OH is 1. The lowest BCUT2D eigenvalue weighted by Crippen LogP contribution is -2.50. The van der Waals surface area contributed by atoms with Crippen molar-refractivity contribution in [1.29, 1.82) is 0 Å². The average molecular weight is 515 g/mol. The molecule has 0 bridgehead atoms. The first-order valence-electron chi connectivity index (χ1n) is 12.1. The zero-order valence-corrected chi connectivity index (χ0v) is 20.6. The van der Waals surface area contributed by atoms with Gasteiger partial charge in [-0.3, -0.25) is 4.84 Å². The minimum Gasteiger partial charge on any atom is -0.508 e. The molecule has 0 aromatic heterocycles. The largest absolute Gasteiger partial charge is 0.508 e. The summed E-state index contributed by atoms with van der Waals surface area (Å²) in [5, 5.41) is 23.1. The Bertz CT molecular complexity index is 952. The molecule has 0 spiro atoms. The Labute approximate surface area is 205 Å². The third-order valence-corrected chi connectivity index (χ3v) is 8.40. The molecule has 12 heteroatoms. The summed E-state index contributed by atoms with van der Waals surface area (Å²) in [5.41, 5.74) is 0. The lowest BCUT2D eigenvalue weighted by Gasteiger charge is -2.30. The van der Waals surface area contributed by atoms with Crippen molar-refractivity contribution in [3.05, 3.63) is 24.3 Å². The molecule has 1 saturated carbocycles. The van der Waals surface area contributed by atoms with Crippen molar-refractivity contribution in [1.82, 2.24) is 9.79 Å². The van der Waals surface area contributed by atoms with Gasteiger partial charge in [-0.05, 0) is 49.9 Å². The van der Waals surface area contributed by atoms with E-state index in [1.54, 1.807) is 6.92 Å². The molecule has 2 saturated heterocycles. The number of nitrogens with one attached hydrogen (secondary N) is 1. The fraction of sp³-hybridized carbons (Fsp3) is 0.696. The van der Waals surface area contributed by atoms with Crippen LogP contribution in [0.2, 0.25) is 0 Å². The second-order valence-corrected chi connectivity index (χ2v) is 11.0. The van der Waals surface area contributed by atoms with Gasteiger partial charge in [0, 0.05) is 0 Å². The zero-order valence-electron chi connectivity index (χ0n) is 19.7. The van der Waals surface area contributed by atoms with Crippen molar-refractivity contribution in [2.24, 2.45) is 5.92 Å². The molecule has 4 rings (SSSR count). The first kappa shape index (κ1) is 26.1. The van der Waals surface area contributed by atoms with E-state index in [2.05, 4.69) is 5.32 Å². The smallest absolute Gasteiger partial charge is 0.407 e. The molecule has 1 aromatic rings. The number of sulfonamides is 1. The first-order valence-corrected chi connectivity index (χ1v) is 13.6. The normalized spacial score (nSPS) is 26.5. The predicted molar refractivity (Wildman–Crippen MR) is 123 cm³/mol. The van der Waals surface area contributed by atoms with Gasteiger partial charge in [0.2, 0.25) is 0 Å². The van der Waals surface area contributed by atoms with Gasteiger partial charge in [-0.25, -0.2) is 13.2 Å². The Morgan fingerprint density at radius 2 is 1.91 bits per heavy atom. The van der Waals surface area contributed by atoms with Crippen LogP contribution in [0, 0.1) is 5.92 Å². The van der Waals surface area contributed by atoms with Gasteiger partial charge >= 0.3 is 6.09 Å². The molecule has 3 fully saturated rings. The third kappa shape index (κ3) is 6.25. The molecule has 196 valence electrons. The van der Waals surface area contributed by atoms with E-state index in [4.69, 9.17) is 19.0 Å². The number of amides is 1. The fourth-order valence-electron chi connectivity index (χ4n) is 4.71. The molecule has 1 aliphatic carbocycles. The Morgan fingerprint density at radius 1 is 1.20 bits per heavy atom. The van der Waals surface area contributed by atoms with Crippen LogP contribution >= 0.6 is 0 Å². The van der Waals surface area contributed by atoms with Gasteiger partial charge < -0.3 is 29.7 Å². The summed E-state index contributed by atoms with van der Waals surface area (Å²) in [5.74, 6) is -0.0827. The molecule has 3 aliphatic rings. The van der Waals surface area contributed by atoms with Gasteiger partial charge in [-0.15, -0.1) is 0 Å². The SMILES string of the molecule is CC[C@H](NC(=O)O[C@H]1CO[C@H]2OCC[C@H]21)[C@H](O)CN(OC1CCCC1)S(=O)(=O)c1ccc(O)cc1. The van der Waals surface area contributed by atoms with Crippen molar-refractivity contribution in [2.45, 2.75) is 81.0 Å². The van der Waals surface area contributed by atoms with E-state index in [0.717, 1.165) is 36.6 Å². The third-order valence-electron chi connectivity index (χ3n) is 6.76. The Kier molecular flexibility index (Phi) is 8.50. The fourth-order valence-corrected chi connectivity index (χ4v) is 6.01. The van der Waals surface area contributed by atoms with Crippen LogP contribution in [0.25, 0.3) is 0 Å². The molecule has 1 amide bonds. The van der Waals surface area contributed by atoms with Crippen LogP contribution in [0.5, 0.6) is 5.75 Å². The summed E-state index contributed by atoms with van der Waals surface area (Å²) in [6.07, 6.45) is 1.34. The second kappa shape index (κ2) is 11.4. The Balaban J connectivity index is 1.41. The Morgan fingerprint density at radius 3 is 2.60 bits per heavy atom. The van der Waals surface area contributed by atoms with E-state index >= 15 is 0 Å². The van der Waals surface area contributed by atoms with Gasteiger partial charge in [0.05, 0.1) is 48.8 Å². The molecule has 0 unspecified atom stereocenters. The van der Waals surface area contributed by atoms with E-state index in [1.807, 2.05) is 0 Å². The standard InChI is InChI=1S/C23H34N2O9S/c1-2-19(24-23(28)33-21-14-32-22-18(21)11-12-31-22)20(27)13-25(34-16-5-3-4-6-16)35(29,30)17-9-7-15(26)8-10-17/h7-10,16,18-22,26-27H,2-6,11-14H2,1H3,(H,24,28)/t18-,19-,20+,21-,22+/m0/s1. The second-order valence-electron chi connectivity index (χ2n) is 9.19. The van der Waals surface area contributed by atoms with Crippen LogP contribution in [-0.2, 0) is 29.1 Å². The number of ether oxygens (including phenoxy) is 3. The summed E-state index contributed by atoms with van der Waals surface area (Å²) in [6, 6.07) is 4.33. The van der Waals surface area contributed by atoms with E-state index in [-0.39, 0.29) is 42.1 Å². The van der Waals surface area contributed by atoms with Gasteiger partial charge in [-0.2, -0.15) is 0 Å². The van der Waals surface area contributed by atoms with Crippen molar-refractivity contribution < 1.29 is 42.5 Å². The minimum atomic E-state index is -4.13. The van der Waals surface area contributed by atoms with E-state index < -0.39 is 34.4 Å². The van der Waals surface area contributed by atoms with Gasteiger partial charge in [0.1, 0.15) is 11.9 Å². The maximum atomic E-state index is 13.3. The zero-order chi connectivity index (χ0) is 25.0. The number of hydrogen-bond donors (Lipinski definition) is 3. The summed E-state index contributed by atoms with van der Waals surface area (Å²) in [7, 11) is -4.13. The van der Waals surface area contributed by atoms with Crippen LogP contribution in [0.4, 0.5) is 4.79 Å². The highest BCUT2D eigenvalue weighted by molar-refractivity contribution is 7.89. The maximum absolute atomic E-state index is 13.3. The van der Waals surface area contributed by atoms with Crippen LogP contribution in [0.1, 0.15) is 45.4 Å². The van der Waals surface area contributed by atoms with Crippen molar-refractivity contribution >= 4 is 16.1 Å². The van der Waals surface area contributed by atoms with Gasteiger partial charge in [0.15, 0.2) is 6.29 Å². The number of phenolic OH excluding ortho intramolecular Hbond substituents is 1. The summed E-state index contributed by atoms with van der Waals surface area (Å²) >= 11 is 0. The number of rotatable bonds is 10. The molecule has 5 atom stereocenters. The number of aromatic hydroxyl groups is 1. The van der Waals surface area contributed by atoms with Crippen LogP contribution in [0.15, 0.2) is 29.2 Å². The molecule has 0 radical (unpaired) electrons. The highest BCUT2D eigenvalue weighted by Gasteiger charge is 2.44. The number of aliphatic hydroxyl groups is 1. The van der Waals surface area contributed by atoms with E-state index in [0.29, 0.717) is 13.0 Å². The van der Waals surface area contributed by atoms with Gasteiger partial charge in [-0.1, -0.05) is 24.2 Å².